The van der Waals surface area contributed by atoms with Gasteiger partial charge in [0.1, 0.15) is 0 Å². The molecule has 20 heavy (non-hydrogen) atoms. The molecular formula is C15H17ClN2OS. The molecule has 1 aromatic carbocycles. The van der Waals surface area contributed by atoms with Crippen LogP contribution < -0.4 is 5.32 Å². The van der Waals surface area contributed by atoms with E-state index in [0.717, 1.165) is 21.9 Å². The van der Waals surface area contributed by atoms with Crippen LogP contribution in [0.4, 0.5) is 0 Å². The van der Waals surface area contributed by atoms with Crippen molar-refractivity contribution in [3.63, 3.8) is 0 Å². The second-order valence-electron chi connectivity index (χ2n) is 4.50. The lowest BCUT2D eigenvalue weighted by molar-refractivity contribution is 0.0801. The van der Waals surface area contributed by atoms with Gasteiger partial charge in [-0.2, -0.15) is 0 Å². The molecule has 1 aromatic heterocycles. The topological polar surface area (TPSA) is 32.3 Å². The number of halogens is 1. The van der Waals surface area contributed by atoms with Crippen LogP contribution in [-0.4, -0.2) is 38.0 Å². The van der Waals surface area contributed by atoms with Crippen molar-refractivity contribution in [1.82, 2.24) is 10.2 Å². The van der Waals surface area contributed by atoms with E-state index in [1.54, 1.807) is 4.90 Å². The molecule has 3 nitrogen and oxygen atoms in total. The molecular weight excluding hydrogens is 292 g/mol. The highest BCUT2D eigenvalue weighted by molar-refractivity contribution is 7.17. The first kappa shape index (κ1) is 15.0. The van der Waals surface area contributed by atoms with Gasteiger partial charge in [-0.25, -0.2) is 0 Å². The van der Waals surface area contributed by atoms with Gasteiger partial charge in [0.15, 0.2) is 0 Å². The van der Waals surface area contributed by atoms with E-state index in [1.807, 2.05) is 50.5 Å². The van der Waals surface area contributed by atoms with Gasteiger partial charge in [-0.3, -0.25) is 4.79 Å². The van der Waals surface area contributed by atoms with Gasteiger partial charge in [0.2, 0.25) is 0 Å². The van der Waals surface area contributed by atoms with Crippen LogP contribution in [0.5, 0.6) is 0 Å². The fourth-order valence-corrected chi connectivity index (χ4v) is 2.92. The second-order valence-corrected chi connectivity index (χ2v) is 6.02. The minimum Gasteiger partial charge on any atom is -0.340 e. The molecule has 1 heterocycles. The first-order valence-electron chi connectivity index (χ1n) is 6.37. The number of thiophene rings is 1. The minimum absolute atomic E-state index is 0.0606. The summed E-state index contributed by atoms with van der Waals surface area (Å²) in [5.41, 5.74) is 1.08. The van der Waals surface area contributed by atoms with Gasteiger partial charge in [0.05, 0.1) is 4.88 Å². The zero-order valence-corrected chi connectivity index (χ0v) is 13.1. The largest absolute Gasteiger partial charge is 0.340 e. The Hall–Kier alpha value is -1.36. The number of hydrogen-bond acceptors (Lipinski definition) is 3. The van der Waals surface area contributed by atoms with Crippen LogP contribution in [0.2, 0.25) is 5.02 Å². The summed E-state index contributed by atoms with van der Waals surface area (Å²) >= 11 is 7.39. The van der Waals surface area contributed by atoms with Crippen LogP contribution in [0.25, 0.3) is 10.4 Å². The first-order chi connectivity index (χ1) is 9.61. The van der Waals surface area contributed by atoms with Crippen molar-refractivity contribution in [3.8, 4) is 10.4 Å². The predicted molar refractivity (Wildman–Crippen MR) is 85.7 cm³/mol. The molecule has 1 N–H and O–H groups in total. The molecule has 0 radical (unpaired) electrons. The number of nitrogens with one attached hydrogen (secondary N) is 1. The van der Waals surface area contributed by atoms with E-state index in [4.69, 9.17) is 11.6 Å². The summed E-state index contributed by atoms with van der Waals surface area (Å²) in [6.07, 6.45) is 0. The Morgan fingerprint density at radius 3 is 2.60 bits per heavy atom. The summed E-state index contributed by atoms with van der Waals surface area (Å²) in [4.78, 5) is 15.8. The van der Waals surface area contributed by atoms with Crippen LogP contribution in [0.3, 0.4) is 0 Å². The molecule has 0 fully saturated rings. The molecule has 0 unspecified atom stereocenters. The number of amides is 1. The highest BCUT2D eigenvalue weighted by Crippen LogP contribution is 2.29. The summed E-state index contributed by atoms with van der Waals surface area (Å²) in [6.45, 7) is 1.49. The Kier molecular flexibility index (Phi) is 5.17. The van der Waals surface area contributed by atoms with Crippen LogP contribution in [0.1, 0.15) is 9.67 Å². The maximum Gasteiger partial charge on any atom is 0.263 e. The lowest BCUT2D eigenvalue weighted by Crippen LogP contribution is -2.32. The zero-order chi connectivity index (χ0) is 14.5. The van der Waals surface area contributed by atoms with E-state index in [-0.39, 0.29) is 5.91 Å². The molecule has 2 rings (SSSR count). The van der Waals surface area contributed by atoms with Crippen molar-refractivity contribution in [1.29, 1.82) is 0 Å². The maximum atomic E-state index is 12.2. The van der Waals surface area contributed by atoms with E-state index < -0.39 is 0 Å². The van der Waals surface area contributed by atoms with Gasteiger partial charge in [-0.05, 0) is 36.9 Å². The summed E-state index contributed by atoms with van der Waals surface area (Å²) in [5.74, 6) is 0.0606. The molecule has 5 heteroatoms. The smallest absolute Gasteiger partial charge is 0.263 e. The summed E-state index contributed by atoms with van der Waals surface area (Å²) in [7, 11) is 3.70. The van der Waals surface area contributed by atoms with Gasteiger partial charge >= 0.3 is 0 Å². The number of nitrogens with zero attached hydrogens (tertiary/aromatic N) is 1. The molecule has 1 amide bonds. The first-order valence-corrected chi connectivity index (χ1v) is 7.57. The molecule has 0 aliphatic rings. The molecule has 0 atom stereocenters. The fraction of sp³-hybridized carbons (Fsp3) is 0.267. The van der Waals surface area contributed by atoms with E-state index in [9.17, 15) is 4.79 Å². The maximum absolute atomic E-state index is 12.2. The monoisotopic (exact) mass is 308 g/mol. The average molecular weight is 309 g/mol. The normalized spacial score (nSPS) is 10.6. The highest BCUT2D eigenvalue weighted by Gasteiger charge is 2.14. The molecule has 0 saturated carbocycles. The SMILES string of the molecule is CNCCN(C)C(=O)c1ccc(-c2ccc(Cl)cc2)s1. The molecule has 0 aliphatic heterocycles. The van der Waals surface area contributed by atoms with E-state index >= 15 is 0 Å². The second kappa shape index (κ2) is 6.88. The Balaban J connectivity index is 2.12. The molecule has 0 bridgehead atoms. The standard InChI is InChI=1S/C15H17ClN2OS/c1-17-9-10-18(2)15(19)14-8-7-13(20-14)11-3-5-12(16)6-4-11/h3-8,17H,9-10H2,1-2H3. The molecule has 2 aromatic rings. The van der Waals surface area contributed by atoms with Crippen molar-refractivity contribution < 1.29 is 4.79 Å². The van der Waals surface area contributed by atoms with E-state index in [1.165, 1.54) is 11.3 Å². The van der Waals surface area contributed by atoms with Crippen LogP contribution in [0, 0.1) is 0 Å². The molecule has 0 aliphatic carbocycles. The highest BCUT2D eigenvalue weighted by atomic mass is 35.5. The quantitative estimate of drug-likeness (QED) is 0.918. The van der Waals surface area contributed by atoms with Crippen molar-refractivity contribution >= 4 is 28.8 Å². The Labute approximate surface area is 128 Å². The number of rotatable bonds is 5. The van der Waals surface area contributed by atoms with Gasteiger partial charge in [-0.15, -0.1) is 11.3 Å². The summed E-state index contributed by atoms with van der Waals surface area (Å²) < 4.78 is 0. The number of carbonyl (C=O) groups is 1. The number of carbonyl (C=O) groups excluding carboxylic acids is 1. The van der Waals surface area contributed by atoms with Gasteiger partial charge in [-0.1, -0.05) is 23.7 Å². The van der Waals surface area contributed by atoms with Gasteiger partial charge in [0, 0.05) is 30.0 Å². The van der Waals surface area contributed by atoms with Crippen molar-refractivity contribution in [3.05, 3.63) is 46.3 Å². The molecule has 0 spiro atoms. The van der Waals surface area contributed by atoms with Crippen molar-refractivity contribution in [2.45, 2.75) is 0 Å². The Morgan fingerprint density at radius 2 is 1.95 bits per heavy atom. The molecule has 0 saturated heterocycles. The van der Waals surface area contributed by atoms with Crippen LogP contribution in [0.15, 0.2) is 36.4 Å². The van der Waals surface area contributed by atoms with Crippen molar-refractivity contribution in [2.24, 2.45) is 0 Å². The number of benzene rings is 1. The summed E-state index contributed by atoms with van der Waals surface area (Å²) in [6, 6.07) is 11.5. The third kappa shape index (κ3) is 3.60. The third-order valence-corrected chi connectivity index (χ3v) is 4.36. The van der Waals surface area contributed by atoms with E-state index in [0.29, 0.717) is 11.6 Å². The average Bonchev–Trinajstić information content (AvgIpc) is 2.94. The minimum atomic E-state index is 0.0606. The lowest BCUT2D eigenvalue weighted by atomic mass is 10.2. The van der Waals surface area contributed by atoms with Gasteiger partial charge in [0.25, 0.3) is 5.91 Å². The Bertz CT molecular complexity index is 580. The zero-order valence-electron chi connectivity index (χ0n) is 11.5. The van der Waals surface area contributed by atoms with Crippen LogP contribution >= 0.6 is 22.9 Å². The van der Waals surface area contributed by atoms with Crippen LogP contribution in [-0.2, 0) is 0 Å². The van der Waals surface area contributed by atoms with E-state index in [2.05, 4.69) is 5.32 Å². The Morgan fingerprint density at radius 1 is 1.25 bits per heavy atom. The summed E-state index contributed by atoms with van der Waals surface area (Å²) in [5, 5.41) is 3.75. The molecule has 106 valence electrons. The fourth-order valence-electron chi connectivity index (χ4n) is 1.79. The lowest BCUT2D eigenvalue weighted by Gasteiger charge is -2.15. The van der Waals surface area contributed by atoms with Crippen molar-refractivity contribution in [2.75, 3.05) is 27.2 Å². The predicted octanol–water partition coefficient (Wildman–Crippen LogP) is 3.36. The van der Waals surface area contributed by atoms with Gasteiger partial charge < -0.3 is 10.2 Å². The third-order valence-electron chi connectivity index (χ3n) is 2.99. The number of likely N-dealkylation sites (N-methyl/N-ethyl adjacent to an activating group) is 2. The number of hydrogen-bond donors (Lipinski definition) is 1.